The van der Waals surface area contributed by atoms with Gasteiger partial charge in [0.05, 0.1) is 16.6 Å². The first-order chi connectivity index (χ1) is 16.9. The molecule has 0 saturated heterocycles. The van der Waals surface area contributed by atoms with Crippen LogP contribution in [-0.4, -0.2) is 26.3 Å². The minimum Gasteiger partial charge on any atom is -0.478 e. The number of allylic oxidation sites excluding steroid dienone is 1. The highest BCUT2D eigenvalue weighted by Crippen LogP contribution is 2.47. The lowest BCUT2D eigenvalue weighted by molar-refractivity contribution is -0.131. The van der Waals surface area contributed by atoms with Crippen molar-refractivity contribution in [3.8, 4) is 0 Å². The summed E-state index contributed by atoms with van der Waals surface area (Å²) in [6.07, 6.45) is 7.31. The zero-order valence-electron chi connectivity index (χ0n) is 18.4. The molecule has 0 amide bonds. The van der Waals surface area contributed by atoms with E-state index in [9.17, 15) is 9.18 Å². The molecule has 2 aromatic heterocycles. The van der Waals surface area contributed by atoms with E-state index < -0.39 is 11.9 Å². The van der Waals surface area contributed by atoms with E-state index >= 15 is 0 Å². The molecular formula is C27H20Cl2FN3O2. The Hall–Kier alpha value is -3.48. The van der Waals surface area contributed by atoms with Crippen molar-refractivity contribution in [2.75, 3.05) is 0 Å². The number of rotatable bonds is 6. The van der Waals surface area contributed by atoms with Crippen LogP contribution in [0.3, 0.4) is 0 Å². The van der Waals surface area contributed by atoms with Crippen molar-refractivity contribution in [3.05, 3.63) is 99.2 Å². The number of fused-ring (bicyclic) bond motifs is 1. The van der Waals surface area contributed by atoms with E-state index in [0.717, 1.165) is 53.2 Å². The van der Waals surface area contributed by atoms with Gasteiger partial charge < -0.3 is 5.11 Å². The van der Waals surface area contributed by atoms with Crippen molar-refractivity contribution < 1.29 is 14.3 Å². The number of benzene rings is 2. The summed E-state index contributed by atoms with van der Waals surface area (Å²) in [4.78, 5) is 15.3. The SMILES string of the molecule is O=C(O)/C=C/c1ccc(C(=C(c2ccc(Cl)cc2Cl)C2CCC2)c2ccc3n[nH]c(F)c3c2)cn1. The first-order valence-corrected chi connectivity index (χ1v) is 11.9. The Balaban J connectivity index is 1.76. The Kier molecular flexibility index (Phi) is 6.41. The summed E-state index contributed by atoms with van der Waals surface area (Å²) in [7, 11) is 0. The van der Waals surface area contributed by atoms with Crippen molar-refractivity contribution in [2.24, 2.45) is 5.92 Å². The fourth-order valence-electron chi connectivity index (χ4n) is 4.38. The van der Waals surface area contributed by atoms with Crippen LogP contribution >= 0.6 is 23.2 Å². The number of aromatic nitrogens is 3. The summed E-state index contributed by atoms with van der Waals surface area (Å²) < 4.78 is 14.4. The second-order valence-electron chi connectivity index (χ2n) is 8.45. The van der Waals surface area contributed by atoms with Crippen LogP contribution in [0.1, 0.15) is 41.6 Å². The molecule has 1 saturated carbocycles. The third-order valence-electron chi connectivity index (χ3n) is 6.27. The molecule has 2 heterocycles. The second kappa shape index (κ2) is 9.64. The Morgan fingerprint density at radius 2 is 1.89 bits per heavy atom. The number of aliphatic carboxylic acids is 1. The van der Waals surface area contributed by atoms with Gasteiger partial charge in [-0.2, -0.15) is 9.49 Å². The molecule has 1 aliphatic carbocycles. The molecule has 1 fully saturated rings. The molecule has 4 aromatic rings. The molecule has 176 valence electrons. The first-order valence-electron chi connectivity index (χ1n) is 11.1. The number of aromatic amines is 1. The van der Waals surface area contributed by atoms with E-state index in [-0.39, 0.29) is 5.92 Å². The van der Waals surface area contributed by atoms with Crippen LogP contribution in [-0.2, 0) is 4.79 Å². The molecule has 35 heavy (non-hydrogen) atoms. The number of carboxylic acids is 1. The fraction of sp³-hybridized carbons (Fsp3) is 0.148. The summed E-state index contributed by atoms with van der Waals surface area (Å²) in [5.41, 5.74) is 5.49. The Bertz CT molecular complexity index is 1490. The number of hydrogen-bond acceptors (Lipinski definition) is 3. The molecule has 8 heteroatoms. The maximum absolute atomic E-state index is 14.4. The number of carboxylic acid groups (broad SMARTS) is 1. The maximum Gasteiger partial charge on any atom is 0.328 e. The van der Waals surface area contributed by atoms with Gasteiger partial charge in [-0.15, -0.1) is 0 Å². The van der Waals surface area contributed by atoms with Gasteiger partial charge in [0.15, 0.2) is 0 Å². The zero-order chi connectivity index (χ0) is 24.5. The molecule has 0 radical (unpaired) electrons. The summed E-state index contributed by atoms with van der Waals surface area (Å²) in [6.45, 7) is 0. The highest BCUT2D eigenvalue weighted by Gasteiger charge is 2.29. The van der Waals surface area contributed by atoms with Gasteiger partial charge >= 0.3 is 5.97 Å². The van der Waals surface area contributed by atoms with Crippen LogP contribution < -0.4 is 0 Å². The number of pyridine rings is 1. The molecule has 0 bridgehead atoms. The Morgan fingerprint density at radius 1 is 1.09 bits per heavy atom. The second-order valence-corrected chi connectivity index (χ2v) is 9.30. The maximum atomic E-state index is 14.4. The number of hydrogen-bond donors (Lipinski definition) is 2. The number of carbonyl (C=O) groups is 1. The van der Waals surface area contributed by atoms with Gasteiger partial charge in [0.25, 0.3) is 0 Å². The lowest BCUT2D eigenvalue weighted by Crippen LogP contribution is -2.15. The summed E-state index contributed by atoms with van der Waals surface area (Å²) >= 11 is 12.9. The Labute approximate surface area is 210 Å². The average Bonchev–Trinajstić information content (AvgIpc) is 3.17. The largest absolute Gasteiger partial charge is 0.478 e. The standard InChI is InChI=1S/C27H20Cl2FN3O2/c28-18-6-9-20(22(29)13-18)26(15-2-1-3-15)25(16-5-10-23-21(12-16)27(30)33-32-23)17-4-7-19(31-14-17)8-11-24(34)35/h4-15H,1-3H2,(H,32,33)(H,34,35)/b11-8+,26-25?. The normalized spacial score (nSPS) is 14.8. The van der Waals surface area contributed by atoms with Crippen LogP contribution in [0.15, 0.2) is 60.8 Å². The number of nitrogens with one attached hydrogen (secondary N) is 1. The van der Waals surface area contributed by atoms with Crippen molar-refractivity contribution >= 4 is 57.3 Å². The minimum absolute atomic E-state index is 0.264. The van der Waals surface area contributed by atoms with Gasteiger partial charge in [-0.25, -0.2) is 4.79 Å². The highest BCUT2D eigenvalue weighted by atomic mass is 35.5. The molecule has 2 N–H and O–H groups in total. The molecule has 1 aliphatic rings. The Morgan fingerprint density at radius 3 is 2.54 bits per heavy atom. The van der Waals surface area contributed by atoms with Crippen molar-refractivity contribution in [2.45, 2.75) is 19.3 Å². The van der Waals surface area contributed by atoms with Crippen molar-refractivity contribution in [1.82, 2.24) is 15.2 Å². The van der Waals surface area contributed by atoms with Crippen LogP contribution in [0.25, 0.3) is 28.1 Å². The monoisotopic (exact) mass is 507 g/mol. The molecule has 0 aliphatic heterocycles. The number of nitrogens with zero attached hydrogens (tertiary/aromatic N) is 2. The predicted molar refractivity (Wildman–Crippen MR) is 137 cm³/mol. The molecular weight excluding hydrogens is 488 g/mol. The molecule has 5 nitrogen and oxygen atoms in total. The van der Waals surface area contributed by atoms with E-state index in [0.29, 0.717) is 26.6 Å². The third kappa shape index (κ3) is 4.72. The topological polar surface area (TPSA) is 78.9 Å². The van der Waals surface area contributed by atoms with Gasteiger partial charge in [0.1, 0.15) is 0 Å². The van der Waals surface area contributed by atoms with Gasteiger partial charge in [-0.3, -0.25) is 10.1 Å². The summed E-state index contributed by atoms with van der Waals surface area (Å²) in [5, 5.41) is 16.8. The lowest BCUT2D eigenvalue weighted by Gasteiger charge is -2.32. The smallest absolute Gasteiger partial charge is 0.328 e. The van der Waals surface area contributed by atoms with E-state index in [1.54, 1.807) is 30.5 Å². The first kappa shape index (κ1) is 23.3. The number of halogens is 3. The number of H-pyrrole nitrogens is 1. The molecule has 5 rings (SSSR count). The van der Waals surface area contributed by atoms with Crippen molar-refractivity contribution in [1.29, 1.82) is 0 Å². The van der Waals surface area contributed by atoms with E-state index in [1.807, 2.05) is 24.3 Å². The van der Waals surface area contributed by atoms with Crippen molar-refractivity contribution in [3.63, 3.8) is 0 Å². The van der Waals surface area contributed by atoms with E-state index in [2.05, 4.69) is 15.2 Å². The van der Waals surface area contributed by atoms with Gasteiger partial charge in [-0.05, 0) is 77.4 Å². The molecule has 2 aromatic carbocycles. The summed E-state index contributed by atoms with van der Waals surface area (Å²) in [6, 6.07) is 14.6. The van der Waals surface area contributed by atoms with Gasteiger partial charge in [0.2, 0.25) is 5.95 Å². The zero-order valence-corrected chi connectivity index (χ0v) is 19.9. The molecule has 0 unspecified atom stereocenters. The highest BCUT2D eigenvalue weighted by molar-refractivity contribution is 6.36. The molecule has 0 spiro atoms. The van der Waals surface area contributed by atoms with Gasteiger partial charge in [0, 0.05) is 27.9 Å². The molecule has 0 atom stereocenters. The quantitative estimate of drug-likeness (QED) is 0.212. The predicted octanol–water partition coefficient (Wildman–Crippen LogP) is 7.26. The van der Waals surface area contributed by atoms with Crippen LogP contribution in [0.5, 0.6) is 0 Å². The fourth-order valence-corrected chi connectivity index (χ4v) is 4.89. The lowest BCUT2D eigenvalue weighted by atomic mass is 9.73. The van der Waals surface area contributed by atoms with Crippen LogP contribution in [0.2, 0.25) is 10.0 Å². The third-order valence-corrected chi connectivity index (χ3v) is 6.82. The average molecular weight is 508 g/mol. The van der Waals surface area contributed by atoms with Gasteiger partial charge in [-0.1, -0.05) is 47.8 Å². The summed E-state index contributed by atoms with van der Waals surface area (Å²) in [5.74, 6) is -1.28. The van der Waals surface area contributed by atoms with E-state index in [4.69, 9.17) is 28.3 Å². The van der Waals surface area contributed by atoms with E-state index in [1.165, 1.54) is 6.08 Å². The minimum atomic E-state index is -1.04. The van der Waals surface area contributed by atoms with Crippen LogP contribution in [0, 0.1) is 11.9 Å². The van der Waals surface area contributed by atoms with Crippen LogP contribution in [0.4, 0.5) is 4.39 Å².